The van der Waals surface area contributed by atoms with Gasteiger partial charge in [0.1, 0.15) is 0 Å². The molecule has 1 aliphatic rings. The largest absolute Gasteiger partial charge is 0.390 e. The van der Waals surface area contributed by atoms with E-state index in [4.69, 9.17) is 5.73 Å². The van der Waals surface area contributed by atoms with Gasteiger partial charge in [-0.1, -0.05) is 0 Å². The minimum Gasteiger partial charge on any atom is -0.390 e. The zero-order chi connectivity index (χ0) is 13.1. The average molecular weight is 266 g/mol. The lowest BCUT2D eigenvalue weighted by atomic mass is 10.3. The first-order chi connectivity index (χ1) is 7.87. The Kier molecular flexibility index (Phi) is 5.29. The van der Waals surface area contributed by atoms with Gasteiger partial charge in [-0.3, -0.25) is 4.90 Å². The highest BCUT2D eigenvalue weighted by atomic mass is 32.2. The highest BCUT2D eigenvalue weighted by molar-refractivity contribution is 7.86. The van der Waals surface area contributed by atoms with Crippen molar-refractivity contribution in [2.45, 2.75) is 6.10 Å². The van der Waals surface area contributed by atoms with Crippen LogP contribution in [0, 0.1) is 0 Å². The van der Waals surface area contributed by atoms with Gasteiger partial charge in [-0.15, -0.1) is 0 Å². The fourth-order valence-electron chi connectivity index (χ4n) is 1.75. The van der Waals surface area contributed by atoms with Crippen LogP contribution in [0.5, 0.6) is 0 Å². The van der Waals surface area contributed by atoms with E-state index in [0.29, 0.717) is 32.7 Å². The number of rotatable bonds is 5. The van der Waals surface area contributed by atoms with Gasteiger partial charge in [-0.25, -0.2) is 0 Å². The molecular formula is C9H22N4O3S. The summed E-state index contributed by atoms with van der Waals surface area (Å²) in [4.78, 5) is 2.03. The summed E-state index contributed by atoms with van der Waals surface area (Å²) in [6.45, 7) is 2.91. The van der Waals surface area contributed by atoms with Gasteiger partial charge >= 0.3 is 0 Å². The smallest absolute Gasteiger partial charge is 0.281 e. The van der Waals surface area contributed by atoms with Crippen molar-refractivity contribution in [3.8, 4) is 0 Å². The van der Waals surface area contributed by atoms with Crippen LogP contribution < -0.4 is 5.73 Å². The number of β-amino-alcohol motifs (C(OH)–C–C–N with tert-alkyl or cyclic N) is 1. The molecule has 0 amide bonds. The van der Waals surface area contributed by atoms with Gasteiger partial charge < -0.3 is 10.8 Å². The highest BCUT2D eigenvalue weighted by Gasteiger charge is 2.28. The molecule has 0 aliphatic carbocycles. The Balaban J connectivity index is 2.46. The van der Waals surface area contributed by atoms with Gasteiger partial charge in [0, 0.05) is 53.4 Å². The van der Waals surface area contributed by atoms with Crippen molar-refractivity contribution in [3.05, 3.63) is 0 Å². The average Bonchev–Trinajstić information content (AvgIpc) is 2.29. The van der Waals surface area contributed by atoms with Crippen molar-refractivity contribution in [2.75, 3.05) is 53.4 Å². The molecule has 3 N–H and O–H groups in total. The molecule has 17 heavy (non-hydrogen) atoms. The molecule has 8 heteroatoms. The molecule has 102 valence electrons. The van der Waals surface area contributed by atoms with E-state index < -0.39 is 16.3 Å². The van der Waals surface area contributed by atoms with Crippen molar-refractivity contribution >= 4 is 10.2 Å². The number of nitrogens with zero attached hydrogens (tertiary/aromatic N) is 3. The third kappa shape index (κ3) is 3.87. The second kappa shape index (κ2) is 6.07. The summed E-state index contributed by atoms with van der Waals surface area (Å²) >= 11 is 0. The van der Waals surface area contributed by atoms with E-state index in [1.165, 1.54) is 22.7 Å². The van der Waals surface area contributed by atoms with Crippen LogP contribution in [0.15, 0.2) is 0 Å². The third-order valence-electron chi connectivity index (χ3n) is 2.86. The zero-order valence-corrected chi connectivity index (χ0v) is 11.2. The van der Waals surface area contributed by atoms with E-state index in [1.54, 1.807) is 0 Å². The molecule has 1 saturated heterocycles. The molecule has 7 nitrogen and oxygen atoms in total. The van der Waals surface area contributed by atoms with Gasteiger partial charge in [-0.2, -0.15) is 17.0 Å². The number of aliphatic hydroxyl groups excluding tert-OH is 1. The van der Waals surface area contributed by atoms with Crippen LogP contribution in [0.2, 0.25) is 0 Å². The van der Waals surface area contributed by atoms with E-state index in [-0.39, 0.29) is 6.54 Å². The topological polar surface area (TPSA) is 90.1 Å². The molecule has 0 spiro atoms. The summed E-state index contributed by atoms with van der Waals surface area (Å²) in [6.07, 6.45) is -0.535. The maximum atomic E-state index is 11.8. The summed E-state index contributed by atoms with van der Waals surface area (Å²) in [5.74, 6) is 0. The van der Waals surface area contributed by atoms with Crippen LogP contribution in [-0.4, -0.2) is 86.5 Å². The Morgan fingerprint density at radius 2 is 1.82 bits per heavy atom. The lowest BCUT2D eigenvalue weighted by Crippen LogP contribution is -2.53. The molecule has 0 radical (unpaired) electrons. The monoisotopic (exact) mass is 266 g/mol. The minimum atomic E-state index is -3.30. The normalized spacial score (nSPS) is 21.9. The predicted octanol–water partition coefficient (Wildman–Crippen LogP) is -2.27. The predicted molar refractivity (Wildman–Crippen MR) is 65.7 cm³/mol. The summed E-state index contributed by atoms with van der Waals surface area (Å²) < 4.78 is 26.3. The van der Waals surface area contributed by atoms with Crippen molar-refractivity contribution < 1.29 is 13.5 Å². The van der Waals surface area contributed by atoms with E-state index in [9.17, 15) is 13.5 Å². The number of nitrogens with two attached hydrogens (primary N) is 1. The van der Waals surface area contributed by atoms with Gasteiger partial charge in [0.15, 0.2) is 0 Å². The zero-order valence-electron chi connectivity index (χ0n) is 10.4. The molecule has 1 aliphatic heterocycles. The van der Waals surface area contributed by atoms with Crippen LogP contribution >= 0.6 is 0 Å². The lowest BCUT2D eigenvalue weighted by molar-refractivity contribution is 0.0959. The quantitative estimate of drug-likeness (QED) is 0.586. The molecule has 0 aromatic heterocycles. The fraction of sp³-hybridized carbons (Fsp3) is 1.00. The van der Waals surface area contributed by atoms with Gasteiger partial charge in [0.05, 0.1) is 6.10 Å². The molecule has 0 bridgehead atoms. The lowest BCUT2D eigenvalue weighted by Gasteiger charge is -2.35. The Bertz CT molecular complexity index is 325. The molecule has 1 heterocycles. The number of aliphatic hydroxyl groups is 1. The highest BCUT2D eigenvalue weighted by Crippen LogP contribution is 2.09. The molecule has 0 aromatic rings. The Morgan fingerprint density at radius 3 is 2.24 bits per heavy atom. The van der Waals surface area contributed by atoms with Gasteiger partial charge in [0.25, 0.3) is 10.2 Å². The summed E-state index contributed by atoms with van der Waals surface area (Å²) in [7, 11) is -0.249. The van der Waals surface area contributed by atoms with Crippen LogP contribution in [0.3, 0.4) is 0 Å². The molecule has 1 atom stereocenters. The number of piperazine rings is 1. The Morgan fingerprint density at radius 1 is 1.29 bits per heavy atom. The number of hydrogen-bond acceptors (Lipinski definition) is 5. The van der Waals surface area contributed by atoms with Crippen molar-refractivity contribution in [1.29, 1.82) is 0 Å². The SMILES string of the molecule is CN(C)S(=O)(=O)N1CCN(CC(O)CN)CC1. The fourth-order valence-corrected chi connectivity index (χ4v) is 2.83. The second-order valence-electron chi connectivity index (χ2n) is 4.38. The first-order valence-corrected chi connectivity index (χ1v) is 7.05. The summed E-state index contributed by atoms with van der Waals surface area (Å²) in [6, 6.07) is 0. The van der Waals surface area contributed by atoms with E-state index in [2.05, 4.69) is 0 Å². The summed E-state index contributed by atoms with van der Waals surface area (Å²) in [5, 5.41) is 9.42. The van der Waals surface area contributed by atoms with E-state index in [1.807, 2.05) is 4.90 Å². The third-order valence-corrected chi connectivity index (χ3v) is 4.80. The van der Waals surface area contributed by atoms with Crippen LogP contribution in [0.25, 0.3) is 0 Å². The van der Waals surface area contributed by atoms with E-state index in [0.717, 1.165) is 0 Å². The van der Waals surface area contributed by atoms with Gasteiger partial charge in [0.2, 0.25) is 0 Å². The molecule has 1 fully saturated rings. The van der Waals surface area contributed by atoms with Crippen molar-refractivity contribution in [3.63, 3.8) is 0 Å². The molecule has 0 saturated carbocycles. The Hall–Kier alpha value is -0.250. The molecule has 1 unspecified atom stereocenters. The van der Waals surface area contributed by atoms with Crippen LogP contribution in [0.1, 0.15) is 0 Å². The molecular weight excluding hydrogens is 244 g/mol. The second-order valence-corrected chi connectivity index (χ2v) is 6.52. The molecule has 1 rings (SSSR count). The number of hydrogen-bond donors (Lipinski definition) is 2. The van der Waals surface area contributed by atoms with Gasteiger partial charge in [-0.05, 0) is 0 Å². The van der Waals surface area contributed by atoms with E-state index >= 15 is 0 Å². The molecule has 0 aromatic carbocycles. The standard InChI is InChI=1S/C9H22N4O3S/c1-11(2)17(15,16)13-5-3-12(4-6-13)8-9(14)7-10/h9,14H,3-8,10H2,1-2H3. The first kappa shape index (κ1) is 14.8. The maximum Gasteiger partial charge on any atom is 0.281 e. The van der Waals surface area contributed by atoms with Crippen LogP contribution in [-0.2, 0) is 10.2 Å². The first-order valence-electron chi connectivity index (χ1n) is 5.66. The van der Waals surface area contributed by atoms with Crippen LogP contribution in [0.4, 0.5) is 0 Å². The minimum absolute atomic E-state index is 0.232. The summed E-state index contributed by atoms with van der Waals surface area (Å²) in [5.41, 5.74) is 5.34. The Labute approximate surface area is 103 Å². The van der Waals surface area contributed by atoms with Crippen molar-refractivity contribution in [2.24, 2.45) is 5.73 Å². The van der Waals surface area contributed by atoms with Crippen molar-refractivity contribution in [1.82, 2.24) is 13.5 Å². The maximum absolute atomic E-state index is 11.8.